The minimum atomic E-state index is -0.645. The topological polar surface area (TPSA) is 72.5 Å². The van der Waals surface area contributed by atoms with Crippen LogP contribution in [0.1, 0.15) is 63.9 Å². The smallest absolute Gasteiger partial charge is 0.323 e. The van der Waals surface area contributed by atoms with Crippen LogP contribution in [0.15, 0.2) is 24.3 Å². The third-order valence-corrected chi connectivity index (χ3v) is 3.94. The Labute approximate surface area is 140 Å². The molecule has 3 N–H and O–H groups in total. The van der Waals surface area contributed by atoms with E-state index in [-0.39, 0.29) is 11.7 Å². The van der Waals surface area contributed by atoms with Crippen LogP contribution in [0, 0.1) is 0 Å². The van der Waals surface area contributed by atoms with Crippen LogP contribution in [-0.2, 0) is 16.0 Å². The molecule has 4 heteroatoms. The van der Waals surface area contributed by atoms with E-state index in [0.29, 0.717) is 13.0 Å². The van der Waals surface area contributed by atoms with E-state index in [0.717, 1.165) is 18.4 Å². The lowest BCUT2D eigenvalue weighted by Gasteiger charge is -2.11. The number of carbonyl (C=O) groups excluding carboxylic acids is 1. The molecule has 0 unspecified atom stereocenters. The molecule has 1 aromatic carbocycles. The van der Waals surface area contributed by atoms with Crippen LogP contribution in [0.3, 0.4) is 0 Å². The monoisotopic (exact) mass is 321 g/mol. The van der Waals surface area contributed by atoms with Gasteiger partial charge in [-0.1, -0.05) is 64.0 Å². The predicted octanol–water partition coefficient (Wildman–Crippen LogP) is 3.95. The molecule has 0 saturated carbocycles. The van der Waals surface area contributed by atoms with Crippen molar-refractivity contribution in [3.05, 3.63) is 29.8 Å². The molecular formula is C19H31NO3. The van der Waals surface area contributed by atoms with Crippen molar-refractivity contribution in [1.82, 2.24) is 0 Å². The van der Waals surface area contributed by atoms with Gasteiger partial charge < -0.3 is 15.6 Å². The molecule has 0 aliphatic heterocycles. The fraction of sp³-hybridized carbons (Fsp3) is 0.632. The molecule has 0 aliphatic carbocycles. The van der Waals surface area contributed by atoms with Gasteiger partial charge in [-0.25, -0.2) is 0 Å². The number of unbranched alkanes of at least 4 members (excludes halogenated alkanes) is 7. The first-order chi connectivity index (χ1) is 11.1. The summed E-state index contributed by atoms with van der Waals surface area (Å²) in [4.78, 5) is 11.8. The van der Waals surface area contributed by atoms with Gasteiger partial charge in [0, 0.05) is 0 Å². The van der Waals surface area contributed by atoms with Crippen LogP contribution in [0.25, 0.3) is 0 Å². The highest BCUT2D eigenvalue weighted by Gasteiger charge is 2.15. The first kappa shape index (κ1) is 19.5. The molecule has 0 heterocycles. The molecule has 130 valence electrons. The number of phenolic OH excluding ortho intramolecular Hbond substituents is 1. The highest BCUT2D eigenvalue weighted by Crippen LogP contribution is 2.12. The Hall–Kier alpha value is -1.55. The van der Waals surface area contributed by atoms with Crippen LogP contribution in [0.2, 0.25) is 0 Å². The van der Waals surface area contributed by atoms with Gasteiger partial charge in [0.2, 0.25) is 0 Å². The molecule has 0 radical (unpaired) electrons. The predicted molar refractivity (Wildman–Crippen MR) is 93.4 cm³/mol. The van der Waals surface area contributed by atoms with E-state index in [9.17, 15) is 9.90 Å². The zero-order valence-corrected chi connectivity index (χ0v) is 14.3. The average Bonchev–Trinajstić information content (AvgIpc) is 2.55. The third-order valence-electron chi connectivity index (χ3n) is 3.94. The van der Waals surface area contributed by atoms with E-state index < -0.39 is 6.04 Å². The van der Waals surface area contributed by atoms with E-state index in [2.05, 4.69) is 6.92 Å². The fourth-order valence-electron chi connectivity index (χ4n) is 2.49. The van der Waals surface area contributed by atoms with Crippen molar-refractivity contribution in [2.24, 2.45) is 5.73 Å². The van der Waals surface area contributed by atoms with Gasteiger partial charge in [-0.15, -0.1) is 0 Å². The van der Waals surface area contributed by atoms with Crippen molar-refractivity contribution in [1.29, 1.82) is 0 Å². The summed E-state index contributed by atoms with van der Waals surface area (Å²) in [5.41, 5.74) is 6.78. The summed E-state index contributed by atoms with van der Waals surface area (Å²) >= 11 is 0. The maximum absolute atomic E-state index is 11.8. The Balaban J connectivity index is 2.05. The fourth-order valence-corrected chi connectivity index (χ4v) is 2.49. The SMILES string of the molecule is CCCCCCCCCCOC(=O)[C@@H](N)Cc1ccc(O)cc1. The number of hydrogen-bond donors (Lipinski definition) is 2. The van der Waals surface area contributed by atoms with Gasteiger partial charge >= 0.3 is 5.97 Å². The molecule has 0 fully saturated rings. The number of ether oxygens (including phenoxy) is 1. The number of benzene rings is 1. The van der Waals surface area contributed by atoms with Gasteiger partial charge in [-0.3, -0.25) is 4.79 Å². The molecule has 0 aliphatic rings. The number of esters is 1. The van der Waals surface area contributed by atoms with Crippen molar-refractivity contribution >= 4 is 5.97 Å². The zero-order valence-electron chi connectivity index (χ0n) is 14.3. The van der Waals surface area contributed by atoms with Crippen LogP contribution in [-0.4, -0.2) is 23.7 Å². The summed E-state index contributed by atoms with van der Waals surface area (Å²) < 4.78 is 5.23. The lowest BCUT2D eigenvalue weighted by atomic mass is 10.1. The molecule has 1 atom stereocenters. The number of phenols is 1. The van der Waals surface area contributed by atoms with E-state index in [4.69, 9.17) is 10.5 Å². The van der Waals surface area contributed by atoms with Gasteiger partial charge in [0.05, 0.1) is 6.61 Å². The Morgan fingerprint density at radius 3 is 2.22 bits per heavy atom. The standard InChI is InChI=1S/C19H31NO3/c1-2-3-4-5-6-7-8-9-14-23-19(22)18(20)15-16-10-12-17(21)13-11-16/h10-13,18,21H,2-9,14-15,20H2,1H3/t18-/m0/s1. The Bertz CT molecular complexity index is 431. The van der Waals surface area contributed by atoms with Crippen LogP contribution in [0.4, 0.5) is 0 Å². The van der Waals surface area contributed by atoms with Crippen LogP contribution in [0.5, 0.6) is 5.75 Å². The molecule has 23 heavy (non-hydrogen) atoms. The van der Waals surface area contributed by atoms with E-state index in [1.165, 1.54) is 38.5 Å². The first-order valence-electron chi connectivity index (χ1n) is 8.83. The number of rotatable bonds is 12. The van der Waals surface area contributed by atoms with Crippen molar-refractivity contribution in [2.75, 3.05) is 6.61 Å². The normalized spacial score (nSPS) is 12.1. The van der Waals surface area contributed by atoms with Crippen molar-refractivity contribution in [3.8, 4) is 5.75 Å². The van der Waals surface area contributed by atoms with Crippen molar-refractivity contribution in [2.45, 2.75) is 70.8 Å². The lowest BCUT2D eigenvalue weighted by Crippen LogP contribution is -2.34. The number of nitrogens with two attached hydrogens (primary N) is 1. The molecular weight excluding hydrogens is 290 g/mol. The molecule has 1 aromatic rings. The second-order valence-corrected chi connectivity index (χ2v) is 6.12. The number of carbonyl (C=O) groups is 1. The number of aromatic hydroxyl groups is 1. The number of hydrogen-bond acceptors (Lipinski definition) is 4. The minimum Gasteiger partial charge on any atom is -0.508 e. The third kappa shape index (κ3) is 9.24. The molecule has 4 nitrogen and oxygen atoms in total. The summed E-state index contributed by atoms with van der Waals surface area (Å²) in [5, 5.41) is 9.22. The lowest BCUT2D eigenvalue weighted by molar-refractivity contribution is -0.145. The van der Waals surface area contributed by atoms with E-state index >= 15 is 0 Å². The second kappa shape index (κ2) is 11.9. The van der Waals surface area contributed by atoms with Gasteiger partial charge in [0.1, 0.15) is 11.8 Å². The first-order valence-corrected chi connectivity index (χ1v) is 8.83. The minimum absolute atomic E-state index is 0.208. The summed E-state index contributed by atoms with van der Waals surface area (Å²) in [7, 11) is 0. The average molecular weight is 321 g/mol. The molecule has 0 amide bonds. The van der Waals surface area contributed by atoms with Gasteiger partial charge in [-0.05, 0) is 30.5 Å². The highest BCUT2D eigenvalue weighted by molar-refractivity contribution is 5.75. The van der Waals surface area contributed by atoms with Crippen LogP contribution < -0.4 is 5.73 Å². The van der Waals surface area contributed by atoms with Crippen molar-refractivity contribution in [3.63, 3.8) is 0 Å². The summed E-state index contributed by atoms with van der Waals surface area (Å²) in [6.07, 6.45) is 10.2. The van der Waals surface area contributed by atoms with E-state index in [1.807, 2.05) is 0 Å². The quantitative estimate of drug-likeness (QED) is 0.452. The zero-order chi connectivity index (χ0) is 16.9. The molecule has 0 bridgehead atoms. The van der Waals surface area contributed by atoms with Gasteiger partial charge in [0.25, 0.3) is 0 Å². The molecule has 1 rings (SSSR count). The largest absolute Gasteiger partial charge is 0.508 e. The molecule has 0 saturated heterocycles. The molecule has 0 spiro atoms. The Morgan fingerprint density at radius 1 is 1.04 bits per heavy atom. The Kier molecular flexibility index (Phi) is 10.1. The summed E-state index contributed by atoms with van der Waals surface area (Å²) in [5.74, 6) is -0.138. The summed E-state index contributed by atoms with van der Waals surface area (Å²) in [6, 6.07) is 6.07. The molecule has 0 aromatic heterocycles. The maximum Gasteiger partial charge on any atom is 0.323 e. The van der Waals surface area contributed by atoms with E-state index in [1.54, 1.807) is 24.3 Å². The van der Waals surface area contributed by atoms with Gasteiger partial charge in [0.15, 0.2) is 0 Å². The van der Waals surface area contributed by atoms with Gasteiger partial charge in [-0.2, -0.15) is 0 Å². The Morgan fingerprint density at radius 2 is 1.61 bits per heavy atom. The maximum atomic E-state index is 11.8. The van der Waals surface area contributed by atoms with Crippen molar-refractivity contribution < 1.29 is 14.6 Å². The van der Waals surface area contributed by atoms with Crippen LogP contribution >= 0.6 is 0 Å². The summed E-state index contributed by atoms with van der Waals surface area (Å²) in [6.45, 7) is 2.68. The second-order valence-electron chi connectivity index (χ2n) is 6.12. The highest BCUT2D eigenvalue weighted by atomic mass is 16.5.